The topological polar surface area (TPSA) is 54.6 Å². The summed E-state index contributed by atoms with van der Waals surface area (Å²) in [6.45, 7) is 5.30. The lowest BCUT2D eigenvalue weighted by molar-refractivity contribution is 0.264. The maximum Gasteiger partial charge on any atom is 0.312 e. The summed E-state index contributed by atoms with van der Waals surface area (Å²) in [4.78, 5) is 16.8. The van der Waals surface area contributed by atoms with Gasteiger partial charge in [0, 0.05) is 23.6 Å². The Morgan fingerprint density at radius 3 is 2.86 bits per heavy atom. The number of hydrogen-bond donors (Lipinski definition) is 1. The molecule has 1 atom stereocenters. The average Bonchev–Trinajstić information content (AvgIpc) is 3.13. The van der Waals surface area contributed by atoms with Crippen LogP contribution in [0.5, 0.6) is 11.5 Å². The van der Waals surface area contributed by atoms with E-state index in [4.69, 9.17) is 9.47 Å². The minimum atomic E-state index is -0.0169. The fraction of sp³-hybridized carbons (Fsp3) is 0.375. The maximum absolute atomic E-state index is 11.7. The monoisotopic (exact) mass is 391 g/mol. The molecule has 1 radical (unpaired) electrons. The van der Waals surface area contributed by atoms with E-state index in [-0.39, 0.29) is 6.04 Å². The summed E-state index contributed by atoms with van der Waals surface area (Å²) in [6, 6.07) is 10.6. The van der Waals surface area contributed by atoms with E-state index in [1.165, 1.54) is 22.1 Å². The molecule has 151 valence electrons. The second-order valence-electron chi connectivity index (χ2n) is 7.59. The van der Waals surface area contributed by atoms with Crippen molar-refractivity contribution in [2.75, 3.05) is 20.3 Å². The zero-order chi connectivity index (χ0) is 20.4. The molecule has 1 amide bonds. The van der Waals surface area contributed by atoms with Gasteiger partial charge in [0.05, 0.1) is 19.8 Å². The summed E-state index contributed by atoms with van der Waals surface area (Å²) in [5, 5.41) is 1.25. The Labute approximate surface area is 171 Å². The Morgan fingerprint density at radius 2 is 2.10 bits per heavy atom. The van der Waals surface area contributed by atoms with Crippen molar-refractivity contribution in [2.24, 2.45) is 0 Å². The summed E-state index contributed by atoms with van der Waals surface area (Å²) in [7, 11) is 1.66. The molecular weight excluding hydrogens is 364 g/mol. The van der Waals surface area contributed by atoms with Crippen LogP contribution in [0.15, 0.2) is 36.5 Å². The molecule has 0 bridgehead atoms. The molecule has 1 N–H and O–H groups in total. The molecule has 0 saturated heterocycles. The average molecular weight is 391 g/mol. The molecule has 1 aliphatic rings. The highest BCUT2D eigenvalue weighted by molar-refractivity contribution is 5.83. The van der Waals surface area contributed by atoms with Crippen molar-refractivity contribution in [3.8, 4) is 11.5 Å². The lowest BCUT2D eigenvalue weighted by Gasteiger charge is -2.35. The molecule has 1 aromatic heterocycles. The second-order valence-corrected chi connectivity index (χ2v) is 7.59. The molecular formula is C24H27N2O3. The molecule has 0 unspecified atom stereocenters. The van der Waals surface area contributed by atoms with Crippen LogP contribution in [0.4, 0.5) is 0 Å². The Morgan fingerprint density at radius 1 is 1.24 bits per heavy atom. The number of H-pyrrole nitrogens is 1. The van der Waals surface area contributed by atoms with Crippen molar-refractivity contribution in [1.29, 1.82) is 0 Å². The Hall–Kier alpha value is -2.95. The zero-order valence-corrected chi connectivity index (χ0v) is 17.2. The number of benzene rings is 2. The van der Waals surface area contributed by atoms with Gasteiger partial charge in [0.25, 0.3) is 0 Å². The van der Waals surface area contributed by atoms with Crippen LogP contribution in [-0.2, 0) is 17.6 Å². The summed E-state index contributed by atoms with van der Waals surface area (Å²) in [6.07, 6.45) is 6.75. The number of rotatable bonds is 7. The van der Waals surface area contributed by atoms with E-state index in [9.17, 15) is 4.79 Å². The number of hydrogen-bond acceptors (Lipinski definition) is 3. The highest BCUT2D eigenvalue weighted by Gasteiger charge is 2.29. The van der Waals surface area contributed by atoms with Crippen LogP contribution in [0, 0.1) is 6.92 Å². The molecule has 29 heavy (non-hydrogen) atoms. The van der Waals surface area contributed by atoms with Gasteiger partial charge in [-0.15, -0.1) is 0 Å². The van der Waals surface area contributed by atoms with E-state index in [2.05, 4.69) is 48.8 Å². The number of methoxy groups -OCH3 is 1. The van der Waals surface area contributed by atoms with E-state index >= 15 is 0 Å². The smallest absolute Gasteiger partial charge is 0.312 e. The first-order valence-electron chi connectivity index (χ1n) is 10.2. The first-order valence-corrected chi connectivity index (χ1v) is 10.2. The number of ether oxygens (including phenoxy) is 2. The molecule has 1 aliphatic heterocycles. The molecule has 2 heterocycles. The van der Waals surface area contributed by atoms with Crippen molar-refractivity contribution in [1.82, 2.24) is 9.88 Å². The van der Waals surface area contributed by atoms with Crippen molar-refractivity contribution in [2.45, 2.75) is 39.2 Å². The van der Waals surface area contributed by atoms with Gasteiger partial charge in [0.15, 0.2) is 11.5 Å². The van der Waals surface area contributed by atoms with Crippen LogP contribution in [0.3, 0.4) is 0 Å². The number of aryl methyl sites for hydroxylation is 2. The van der Waals surface area contributed by atoms with Crippen LogP contribution in [0.2, 0.25) is 0 Å². The fourth-order valence-electron chi connectivity index (χ4n) is 4.36. The first-order chi connectivity index (χ1) is 14.1. The van der Waals surface area contributed by atoms with Crippen molar-refractivity contribution >= 4 is 17.3 Å². The van der Waals surface area contributed by atoms with Crippen LogP contribution >= 0.6 is 0 Å². The number of fused-ring (bicyclic) bond motifs is 2. The van der Waals surface area contributed by atoms with Gasteiger partial charge >= 0.3 is 6.41 Å². The fourth-order valence-corrected chi connectivity index (χ4v) is 4.36. The summed E-state index contributed by atoms with van der Waals surface area (Å²) in [5.41, 5.74) is 6.03. The van der Waals surface area contributed by atoms with Gasteiger partial charge in [-0.05, 0) is 73.6 Å². The lowest BCUT2D eigenvalue weighted by Crippen LogP contribution is -2.34. The van der Waals surface area contributed by atoms with Crippen molar-refractivity contribution in [3.05, 3.63) is 58.8 Å². The first kappa shape index (κ1) is 19.4. The molecule has 0 saturated carbocycles. The lowest BCUT2D eigenvalue weighted by atomic mass is 9.88. The second kappa shape index (κ2) is 8.19. The summed E-state index contributed by atoms with van der Waals surface area (Å²) < 4.78 is 11.3. The van der Waals surface area contributed by atoms with Gasteiger partial charge < -0.3 is 19.4 Å². The van der Waals surface area contributed by atoms with E-state index < -0.39 is 0 Å². The van der Waals surface area contributed by atoms with E-state index in [0.717, 1.165) is 41.8 Å². The predicted octanol–water partition coefficient (Wildman–Crippen LogP) is 4.48. The van der Waals surface area contributed by atoms with E-state index in [1.807, 2.05) is 13.0 Å². The van der Waals surface area contributed by atoms with Gasteiger partial charge in [0.2, 0.25) is 0 Å². The zero-order valence-electron chi connectivity index (χ0n) is 17.2. The number of amides is 1. The third-order valence-corrected chi connectivity index (χ3v) is 5.81. The summed E-state index contributed by atoms with van der Waals surface area (Å²) >= 11 is 0. The molecule has 0 fully saturated rings. The number of carbonyl (C=O) groups excluding carboxylic acids is 1. The highest BCUT2D eigenvalue weighted by atomic mass is 16.5. The maximum atomic E-state index is 11.7. The minimum absolute atomic E-state index is 0.0169. The molecule has 0 spiro atoms. The van der Waals surface area contributed by atoms with Crippen LogP contribution in [-0.4, -0.2) is 36.6 Å². The Balaban J connectivity index is 1.65. The number of aromatic nitrogens is 1. The molecule has 3 aromatic rings. The molecule has 5 heteroatoms. The van der Waals surface area contributed by atoms with Crippen LogP contribution < -0.4 is 9.47 Å². The van der Waals surface area contributed by atoms with Crippen LogP contribution in [0.25, 0.3) is 10.9 Å². The third-order valence-electron chi connectivity index (χ3n) is 5.81. The van der Waals surface area contributed by atoms with Crippen molar-refractivity contribution in [3.63, 3.8) is 0 Å². The minimum Gasteiger partial charge on any atom is -0.493 e. The highest BCUT2D eigenvalue weighted by Crippen LogP contribution is 2.39. The molecule has 2 aromatic carbocycles. The quantitative estimate of drug-likeness (QED) is 0.646. The molecule has 5 nitrogen and oxygen atoms in total. The van der Waals surface area contributed by atoms with E-state index in [0.29, 0.717) is 13.2 Å². The number of nitrogens with zero attached hydrogens (tertiary/aromatic N) is 1. The predicted molar refractivity (Wildman–Crippen MR) is 114 cm³/mol. The van der Waals surface area contributed by atoms with Gasteiger partial charge in [-0.1, -0.05) is 12.1 Å². The standard InChI is InChI=1S/C24H27N2O3/c1-4-29-24-13-20-17(12-23(24)28-3)9-10-26(15-27)22(20)8-6-18-14-25-21-11-16(2)5-7-19(18)21/h5,7,11-14,22,25H,4,6,8-10H2,1-3H3/t22-/m0/s1. The van der Waals surface area contributed by atoms with Gasteiger partial charge in [-0.2, -0.15) is 0 Å². The van der Waals surface area contributed by atoms with Gasteiger partial charge in [0.1, 0.15) is 0 Å². The van der Waals surface area contributed by atoms with Gasteiger partial charge in [-0.25, -0.2) is 0 Å². The summed E-state index contributed by atoms with van der Waals surface area (Å²) in [5.74, 6) is 1.48. The number of nitrogens with one attached hydrogen (secondary N) is 1. The SMILES string of the molecule is CCOc1cc2c(cc1OC)CCN([C]=O)[C@H]2CCc1c[nH]c2cc(C)ccc12. The van der Waals surface area contributed by atoms with E-state index in [1.54, 1.807) is 12.0 Å². The Kier molecular flexibility index (Phi) is 5.47. The molecule has 0 aliphatic carbocycles. The van der Waals surface area contributed by atoms with Crippen molar-refractivity contribution < 1.29 is 14.3 Å². The molecule has 4 rings (SSSR count). The van der Waals surface area contributed by atoms with Gasteiger partial charge in [-0.3, -0.25) is 4.79 Å². The normalized spacial score (nSPS) is 16.0. The third kappa shape index (κ3) is 3.69. The number of aromatic amines is 1. The Bertz CT molecular complexity index is 1020. The van der Waals surface area contributed by atoms with Crippen LogP contribution in [0.1, 0.15) is 41.6 Å². The largest absolute Gasteiger partial charge is 0.493 e.